The third-order valence-electron chi connectivity index (χ3n) is 6.45. The number of benzene rings is 1. The van der Waals surface area contributed by atoms with Crippen LogP contribution in [0.5, 0.6) is 0 Å². The Hall–Kier alpha value is -1.62. The Morgan fingerprint density at radius 2 is 1.83 bits per heavy atom. The highest BCUT2D eigenvalue weighted by Crippen LogP contribution is 2.58. The van der Waals surface area contributed by atoms with Crippen molar-refractivity contribution in [2.75, 3.05) is 0 Å². The molecule has 2 heteroatoms. The lowest BCUT2D eigenvalue weighted by molar-refractivity contribution is -0.145. The molecule has 122 valence electrons. The first-order valence-electron chi connectivity index (χ1n) is 8.81. The second-order valence-electron chi connectivity index (χ2n) is 8.48. The molecule has 2 nitrogen and oxygen atoms in total. The van der Waals surface area contributed by atoms with Crippen molar-refractivity contribution < 1.29 is 4.79 Å². The molecule has 1 aromatic rings. The number of hydrogen-bond acceptors (Lipinski definition) is 1. The fourth-order valence-electron chi connectivity index (χ4n) is 5.47. The highest BCUT2D eigenvalue weighted by Gasteiger charge is 2.58. The van der Waals surface area contributed by atoms with Gasteiger partial charge in [0.2, 0.25) is 5.78 Å². The minimum Gasteiger partial charge on any atom is -0.305 e. The molecule has 0 bridgehead atoms. The van der Waals surface area contributed by atoms with Gasteiger partial charge in [0.1, 0.15) is 0 Å². The Bertz CT molecular complexity index is 627. The summed E-state index contributed by atoms with van der Waals surface area (Å²) in [6, 6.07) is 10.3. The molecule has 0 N–H and O–H groups in total. The van der Waals surface area contributed by atoms with E-state index in [1.54, 1.807) is 0 Å². The number of Topliss-reactive ketones (excluding diaryl/α,β-unsaturated/α-hetero) is 1. The van der Waals surface area contributed by atoms with Crippen molar-refractivity contribution in [1.29, 1.82) is 0 Å². The van der Waals surface area contributed by atoms with Crippen LogP contribution in [0.2, 0.25) is 0 Å². The molecule has 1 aromatic carbocycles. The number of ketones is 1. The van der Waals surface area contributed by atoms with E-state index in [1.807, 2.05) is 0 Å². The van der Waals surface area contributed by atoms with Gasteiger partial charge in [0.15, 0.2) is 0 Å². The number of rotatable bonds is 2. The van der Waals surface area contributed by atoms with E-state index in [-0.39, 0.29) is 16.6 Å². The van der Waals surface area contributed by atoms with Crippen LogP contribution in [0.15, 0.2) is 30.3 Å². The molecule has 23 heavy (non-hydrogen) atoms. The van der Waals surface area contributed by atoms with Crippen molar-refractivity contribution >= 4 is 5.78 Å². The molecule has 0 aliphatic heterocycles. The summed E-state index contributed by atoms with van der Waals surface area (Å²) in [7, 11) is 0. The van der Waals surface area contributed by atoms with Gasteiger partial charge in [0.25, 0.3) is 6.04 Å². The first-order valence-corrected chi connectivity index (χ1v) is 8.81. The standard InChI is InChI=1S/C21H27NO/c1-20(2)18-11-10-16(12-15-8-6-5-7-9-15)13-21(18,3)14-17(22-4)19(20)23/h5-9,16-18H,10-14H2,1-3H3/t16?,17?,18-,21-/m0/s1. The first-order chi connectivity index (χ1) is 10.9. The summed E-state index contributed by atoms with van der Waals surface area (Å²) in [5.74, 6) is 1.28. The topological polar surface area (TPSA) is 21.4 Å². The summed E-state index contributed by atoms with van der Waals surface area (Å²) < 4.78 is 0. The molecule has 4 atom stereocenters. The average Bonchev–Trinajstić information content (AvgIpc) is 2.52. The lowest BCUT2D eigenvalue weighted by Crippen LogP contribution is -2.55. The minimum absolute atomic E-state index is 0.129. The average molecular weight is 309 g/mol. The van der Waals surface area contributed by atoms with Gasteiger partial charge in [-0.1, -0.05) is 51.1 Å². The van der Waals surface area contributed by atoms with Gasteiger partial charge in [-0.05, 0) is 48.5 Å². The van der Waals surface area contributed by atoms with Crippen LogP contribution in [-0.4, -0.2) is 11.8 Å². The highest BCUT2D eigenvalue weighted by molar-refractivity contribution is 5.91. The van der Waals surface area contributed by atoms with E-state index in [9.17, 15) is 4.79 Å². The number of hydrogen-bond donors (Lipinski definition) is 0. The van der Waals surface area contributed by atoms with E-state index in [1.165, 1.54) is 12.0 Å². The van der Waals surface area contributed by atoms with E-state index >= 15 is 0 Å². The molecule has 0 amide bonds. The number of nitrogens with zero attached hydrogens (tertiary/aromatic N) is 1. The predicted molar refractivity (Wildman–Crippen MR) is 92.9 cm³/mol. The molecule has 0 heterocycles. The van der Waals surface area contributed by atoms with Gasteiger partial charge < -0.3 is 4.85 Å². The van der Waals surface area contributed by atoms with Gasteiger partial charge in [-0.15, -0.1) is 0 Å². The van der Waals surface area contributed by atoms with Gasteiger partial charge in [0.05, 0.1) is 0 Å². The molecule has 2 unspecified atom stereocenters. The second kappa shape index (κ2) is 5.78. The van der Waals surface area contributed by atoms with Crippen LogP contribution in [0.3, 0.4) is 0 Å². The summed E-state index contributed by atoms with van der Waals surface area (Å²) in [5, 5.41) is 0. The summed E-state index contributed by atoms with van der Waals surface area (Å²) in [5.41, 5.74) is 1.19. The third-order valence-corrected chi connectivity index (χ3v) is 6.45. The largest absolute Gasteiger partial charge is 0.305 e. The normalized spacial score (nSPS) is 36.1. The molecule has 3 rings (SSSR count). The van der Waals surface area contributed by atoms with Gasteiger partial charge in [-0.3, -0.25) is 4.79 Å². The maximum Gasteiger partial charge on any atom is 0.281 e. The Labute approximate surface area is 140 Å². The summed E-state index contributed by atoms with van der Waals surface area (Å²) in [6.07, 6.45) is 5.36. The van der Waals surface area contributed by atoms with Crippen LogP contribution < -0.4 is 0 Å². The number of fused-ring (bicyclic) bond motifs is 1. The van der Waals surface area contributed by atoms with Crippen molar-refractivity contribution in [3.05, 3.63) is 47.3 Å². The predicted octanol–water partition coefficient (Wildman–Crippen LogP) is 4.94. The van der Waals surface area contributed by atoms with Crippen molar-refractivity contribution in [2.45, 2.75) is 58.9 Å². The molecular weight excluding hydrogens is 282 g/mol. The van der Waals surface area contributed by atoms with E-state index in [0.29, 0.717) is 11.8 Å². The van der Waals surface area contributed by atoms with Crippen LogP contribution in [-0.2, 0) is 11.2 Å². The zero-order valence-corrected chi connectivity index (χ0v) is 14.5. The summed E-state index contributed by atoms with van der Waals surface area (Å²) in [4.78, 5) is 16.3. The Balaban J connectivity index is 1.81. The number of carbonyl (C=O) groups excluding carboxylic acids is 1. The van der Waals surface area contributed by atoms with Gasteiger partial charge >= 0.3 is 0 Å². The molecule has 0 saturated heterocycles. The molecule has 2 aliphatic rings. The minimum atomic E-state index is -0.429. The fraction of sp³-hybridized carbons (Fsp3) is 0.619. The SMILES string of the molecule is [C-]#[N+]C1C[C@]2(C)CC(Cc3ccccc3)CC[C@H]2C(C)(C)C1=O. The quantitative estimate of drug-likeness (QED) is 0.709. The smallest absolute Gasteiger partial charge is 0.281 e. The van der Waals surface area contributed by atoms with Gasteiger partial charge in [-0.25, -0.2) is 6.57 Å². The van der Waals surface area contributed by atoms with Crippen LogP contribution >= 0.6 is 0 Å². The van der Waals surface area contributed by atoms with Gasteiger partial charge in [-0.2, -0.15) is 0 Å². The van der Waals surface area contributed by atoms with Crippen LogP contribution in [0.25, 0.3) is 4.85 Å². The number of carbonyl (C=O) groups is 1. The lowest BCUT2D eigenvalue weighted by atomic mass is 9.48. The summed E-state index contributed by atoms with van der Waals surface area (Å²) >= 11 is 0. The van der Waals surface area contributed by atoms with Crippen molar-refractivity contribution in [1.82, 2.24) is 0 Å². The molecule has 0 radical (unpaired) electrons. The maximum absolute atomic E-state index is 12.6. The monoisotopic (exact) mass is 309 g/mol. The zero-order valence-electron chi connectivity index (χ0n) is 14.5. The van der Waals surface area contributed by atoms with Crippen LogP contribution in [0, 0.1) is 29.2 Å². The van der Waals surface area contributed by atoms with E-state index < -0.39 is 6.04 Å². The third kappa shape index (κ3) is 2.82. The summed E-state index contributed by atoms with van der Waals surface area (Å²) in [6.45, 7) is 13.9. The fourth-order valence-corrected chi connectivity index (χ4v) is 5.47. The molecule has 2 saturated carbocycles. The second-order valence-corrected chi connectivity index (χ2v) is 8.48. The molecule has 2 aliphatic carbocycles. The molecule has 0 spiro atoms. The van der Waals surface area contributed by atoms with E-state index in [0.717, 1.165) is 25.7 Å². The lowest BCUT2D eigenvalue weighted by Gasteiger charge is -2.54. The Kier molecular flexibility index (Phi) is 4.08. The maximum atomic E-state index is 12.6. The van der Waals surface area contributed by atoms with Crippen molar-refractivity contribution in [2.24, 2.45) is 22.7 Å². The van der Waals surface area contributed by atoms with E-state index in [4.69, 9.17) is 6.57 Å². The Morgan fingerprint density at radius 3 is 2.48 bits per heavy atom. The van der Waals surface area contributed by atoms with Crippen LogP contribution in [0.4, 0.5) is 0 Å². The van der Waals surface area contributed by atoms with Crippen molar-refractivity contribution in [3.8, 4) is 0 Å². The molecular formula is C21H27NO. The zero-order chi connectivity index (χ0) is 16.7. The Morgan fingerprint density at radius 1 is 1.13 bits per heavy atom. The molecule has 2 fully saturated rings. The molecule has 0 aromatic heterocycles. The van der Waals surface area contributed by atoms with Crippen LogP contribution in [0.1, 0.15) is 52.0 Å². The van der Waals surface area contributed by atoms with Gasteiger partial charge in [0, 0.05) is 11.8 Å². The van der Waals surface area contributed by atoms with E-state index in [2.05, 4.69) is 55.9 Å². The van der Waals surface area contributed by atoms with Crippen molar-refractivity contribution in [3.63, 3.8) is 0 Å². The highest BCUT2D eigenvalue weighted by atomic mass is 16.1. The first kappa shape index (κ1) is 16.2.